The molecule has 1 aliphatic rings. The predicted octanol–water partition coefficient (Wildman–Crippen LogP) is 3.18. The fraction of sp³-hybridized carbons (Fsp3) is 0.400. The van der Waals surface area contributed by atoms with Gasteiger partial charge in [0.25, 0.3) is 0 Å². The summed E-state index contributed by atoms with van der Waals surface area (Å²) in [5.74, 6) is 0. The van der Waals surface area contributed by atoms with Crippen LogP contribution in [0.4, 0.5) is 4.39 Å². The van der Waals surface area contributed by atoms with Crippen LogP contribution in [0, 0.1) is 0 Å². The second kappa shape index (κ2) is 4.89. The lowest BCUT2D eigenvalue weighted by Crippen LogP contribution is -1.87. The summed E-state index contributed by atoms with van der Waals surface area (Å²) in [6, 6.07) is 0. The van der Waals surface area contributed by atoms with Gasteiger partial charge in [0.2, 0.25) is 0 Å². The van der Waals surface area contributed by atoms with Gasteiger partial charge in [-0.05, 0) is 25.3 Å². The van der Waals surface area contributed by atoms with Crippen molar-refractivity contribution in [1.82, 2.24) is 0 Å². The van der Waals surface area contributed by atoms with Gasteiger partial charge in [0.15, 0.2) is 0 Å². The number of halogens is 1. The Morgan fingerprint density at radius 3 is 2.73 bits per heavy atom. The molecular weight excluding hydrogens is 139 g/mol. The summed E-state index contributed by atoms with van der Waals surface area (Å²) in [5, 5.41) is 0. The van der Waals surface area contributed by atoms with Crippen molar-refractivity contribution in [3.05, 3.63) is 36.5 Å². The van der Waals surface area contributed by atoms with E-state index in [1.54, 1.807) is 18.2 Å². The summed E-state index contributed by atoms with van der Waals surface area (Å²) in [6.07, 6.45) is 13.1. The van der Waals surface area contributed by atoms with Crippen LogP contribution in [0.15, 0.2) is 36.5 Å². The van der Waals surface area contributed by atoms with E-state index in [4.69, 9.17) is 0 Å². The highest BCUT2D eigenvalue weighted by atomic mass is 19.1. The predicted molar refractivity (Wildman–Crippen MR) is 46.2 cm³/mol. The maximum Gasteiger partial charge on any atom is 0.137 e. The summed E-state index contributed by atoms with van der Waals surface area (Å²) in [7, 11) is 0. The molecule has 0 aromatic rings. The smallest absolute Gasteiger partial charge is 0.137 e. The Hall–Kier alpha value is -0.850. The van der Waals surface area contributed by atoms with E-state index in [-0.39, 0.29) is 0 Å². The van der Waals surface area contributed by atoms with Crippen LogP contribution in [0.1, 0.15) is 19.3 Å². The molecule has 1 rings (SSSR count). The van der Waals surface area contributed by atoms with Gasteiger partial charge in [-0.15, -0.1) is 0 Å². The zero-order valence-corrected chi connectivity index (χ0v) is 6.54. The van der Waals surface area contributed by atoms with Gasteiger partial charge in [0.1, 0.15) is 6.17 Å². The molecule has 0 N–H and O–H groups in total. The zero-order chi connectivity index (χ0) is 7.94. The van der Waals surface area contributed by atoms with E-state index >= 15 is 0 Å². The van der Waals surface area contributed by atoms with Crippen LogP contribution in [-0.4, -0.2) is 6.17 Å². The molecule has 0 aliphatic heterocycles. The second-order valence-electron chi connectivity index (χ2n) is 2.62. The molecule has 1 heteroatoms. The van der Waals surface area contributed by atoms with Gasteiger partial charge in [0, 0.05) is 0 Å². The molecule has 0 fully saturated rings. The molecule has 60 valence electrons. The molecule has 0 amide bonds. The fourth-order valence-corrected chi connectivity index (χ4v) is 0.989. The van der Waals surface area contributed by atoms with Crippen LogP contribution in [0.5, 0.6) is 0 Å². The van der Waals surface area contributed by atoms with Crippen molar-refractivity contribution in [1.29, 1.82) is 0 Å². The monoisotopic (exact) mass is 152 g/mol. The Balaban J connectivity index is 2.51. The zero-order valence-electron chi connectivity index (χ0n) is 6.54. The Labute approximate surface area is 67.1 Å². The average molecular weight is 152 g/mol. The molecule has 0 unspecified atom stereocenters. The van der Waals surface area contributed by atoms with Gasteiger partial charge >= 0.3 is 0 Å². The first-order valence-corrected chi connectivity index (χ1v) is 4.03. The number of alkyl halides is 1. The van der Waals surface area contributed by atoms with Crippen LogP contribution in [-0.2, 0) is 0 Å². The topological polar surface area (TPSA) is 0 Å². The Bertz CT molecular complexity index is 177. The first-order valence-electron chi connectivity index (χ1n) is 4.03. The van der Waals surface area contributed by atoms with Crippen LogP contribution >= 0.6 is 0 Å². The number of allylic oxidation sites excluding steroid dienone is 6. The van der Waals surface area contributed by atoms with Crippen LogP contribution in [0.25, 0.3) is 0 Å². The SMILES string of the molecule is F[C@H]1/C=C\C=C\CCC/C=C\1. The van der Waals surface area contributed by atoms with E-state index in [1.807, 2.05) is 12.2 Å². The number of rotatable bonds is 0. The van der Waals surface area contributed by atoms with Gasteiger partial charge in [-0.25, -0.2) is 4.39 Å². The Kier molecular flexibility index (Phi) is 3.67. The molecule has 0 saturated heterocycles. The highest BCUT2D eigenvalue weighted by Gasteiger charge is 1.92. The quantitative estimate of drug-likeness (QED) is 0.468. The van der Waals surface area contributed by atoms with E-state index in [2.05, 4.69) is 6.08 Å². The lowest BCUT2D eigenvalue weighted by molar-refractivity contribution is 0.468. The third-order valence-electron chi connectivity index (χ3n) is 1.60. The largest absolute Gasteiger partial charge is 0.238 e. The second-order valence-corrected chi connectivity index (χ2v) is 2.62. The summed E-state index contributed by atoms with van der Waals surface area (Å²) in [4.78, 5) is 0. The Morgan fingerprint density at radius 2 is 1.82 bits per heavy atom. The molecular formula is C10H13F. The van der Waals surface area contributed by atoms with E-state index in [1.165, 1.54) is 0 Å². The van der Waals surface area contributed by atoms with E-state index in [9.17, 15) is 4.39 Å². The number of hydrogen-bond donors (Lipinski definition) is 0. The van der Waals surface area contributed by atoms with Crippen LogP contribution in [0.2, 0.25) is 0 Å². The molecule has 0 radical (unpaired) electrons. The molecule has 1 atom stereocenters. The van der Waals surface area contributed by atoms with Crippen LogP contribution in [0.3, 0.4) is 0 Å². The molecule has 1 aliphatic carbocycles. The molecule has 0 aromatic carbocycles. The van der Waals surface area contributed by atoms with Crippen molar-refractivity contribution < 1.29 is 4.39 Å². The maximum atomic E-state index is 12.7. The highest BCUT2D eigenvalue weighted by Crippen LogP contribution is 2.04. The third kappa shape index (κ3) is 3.76. The minimum absolute atomic E-state index is 0.905. The normalized spacial score (nSPS) is 34.1. The lowest BCUT2D eigenvalue weighted by atomic mass is 10.2. The lowest BCUT2D eigenvalue weighted by Gasteiger charge is -1.95. The van der Waals surface area contributed by atoms with Gasteiger partial charge < -0.3 is 0 Å². The molecule has 0 heterocycles. The van der Waals surface area contributed by atoms with E-state index < -0.39 is 6.17 Å². The standard InChI is InChI=1S/C10H13F/c11-10-8-6-4-2-1-3-5-7-9-10/h2,4,6-10H,1,3,5H2/b4-2+,8-6-,9-7-/t10-/m0/s1. The van der Waals surface area contributed by atoms with Crippen molar-refractivity contribution >= 4 is 0 Å². The summed E-state index contributed by atoms with van der Waals surface area (Å²) in [6.45, 7) is 0. The first-order chi connectivity index (χ1) is 5.39. The van der Waals surface area contributed by atoms with Crippen molar-refractivity contribution in [2.75, 3.05) is 0 Å². The number of hydrogen-bond acceptors (Lipinski definition) is 0. The van der Waals surface area contributed by atoms with Crippen molar-refractivity contribution in [3.63, 3.8) is 0 Å². The van der Waals surface area contributed by atoms with Gasteiger partial charge in [-0.2, -0.15) is 0 Å². The molecule has 11 heavy (non-hydrogen) atoms. The molecule has 0 spiro atoms. The minimum Gasteiger partial charge on any atom is -0.238 e. The van der Waals surface area contributed by atoms with Gasteiger partial charge in [0.05, 0.1) is 0 Å². The summed E-state index contributed by atoms with van der Waals surface area (Å²) in [5.41, 5.74) is 0. The molecule has 0 bridgehead atoms. The Morgan fingerprint density at radius 1 is 1.00 bits per heavy atom. The third-order valence-corrected chi connectivity index (χ3v) is 1.60. The highest BCUT2D eigenvalue weighted by molar-refractivity contribution is 5.10. The van der Waals surface area contributed by atoms with Gasteiger partial charge in [-0.3, -0.25) is 0 Å². The molecule has 0 saturated carbocycles. The van der Waals surface area contributed by atoms with Crippen molar-refractivity contribution in [2.45, 2.75) is 25.4 Å². The average Bonchev–Trinajstić information content (AvgIpc) is 2.03. The summed E-state index contributed by atoms with van der Waals surface area (Å²) < 4.78 is 12.7. The minimum atomic E-state index is -0.905. The summed E-state index contributed by atoms with van der Waals surface area (Å²) >= 11 is 0. The van der Waals surface area contributed by atoms with Crippen LogP contribution < -0.4 is 0 Å². The van der Waals surface area contributed by atoms with Crippen molar-refractivity contribution in [3.8, 4) is 0 Å². The van der Waals surface area contributed by atoms with Gasteiger partial charge in [-0.1, -0.05) is 30.4 Å². The molecule has 0 aromatic heterocycles. The van der Waals surface area contributed by atoms with E-state index in [0.717, 1.165) is 19.3 Å². The fourth-order valence-electron chi connectivity index (χ4n) is 0.989. The first kappa shape index (κ1) is 8.25. The maximum absolute atomic E-state index is 12.7. The molecule has 0 nitrogen and oxygen atoms in total. The van der Waals surface area contributed by atoms with E-state index in [0.29, 0.717) is 0 Å². The van der Waals surface area contributed by atoms with Crippen molar-refractivity contribution in [2.24, 2.45) is 0 Å².